The first-order valence-electron chi connectivity index (χ1n) is 6.54. The molecule has 0 spiro atoms. The van der Waals surface area contributed by atoms with Crippen LogP contribution in [0.15, 0.2) is 29.7 Å². The van der Waals surface area contributed by atoms with Crippen molar-refractivity contribution >= 4 is 16.0 Å². The van der Waals surface area contributed by atoms with Gasteiger partial charge in [0.2, 0.25) is 16.0 Å². The molecule has 2 N–H and O–H groups in total. The van der Waals surface area contributed by atoms with E-state index in [0.717, 1.165) is 5.56 Å². The Morgan fingerprint density at radius 2 is 1.95 bits per heavy atom. The Morgan fingerprint density at radius 1 is 1.24 bits per heavy atom. The van der Waals surface area contributed by atoms with Crippen LogP contribution in [0.3, 0.4) is 0 Å². The Kier molecular flexibility index (Phi) is 4.86. The molecule has 0 aliphatic rings. The number of sulfonamides is 1. The van der Waals surface area contributed by atoms with Gasteiger partial charge < -0.3 is 5.32 Å². The third-order valence-electron chi connectivity index (χ3n) is 2.74. The molecule has 2 heterocycles. The van der Waals surface area contributed by atoms with Gasteiger partial charge in [-0.05, 0) is 18.9 Å². The smallest absolute Gasteiger partial charge is 0.243 e. The van der Waals surface area contributed by atoms with E-state index in [-0.39, 0.29) is 4.90 Å². The number of rotatable bonds is 7. The minimum Gasteiger partial charge on any atom is -0.355 e. The van der Waals surface area contributed by atoms with Gasteiger partial charge in [0.25, 0.3) is 0 Å². The van der Waals surface area contributed by atoms with Crippen molar-refractivity contribution in [3.8, 4) is 0 Å². The molecule has 0 bridgehead atoms. The summed E-state index contributed by atoms with van der Waals surface area (Å²) in [5.74, 6) is 0.409. The van der Waals surface area contributed by atoms with Crippen molar-refractivity contribution in [3.63, 3.8) is 0 Å². The minimum atomic E-state index is -3.59. The Morgan fingerprint density at radius 3 is 2.52 bits per heavy atom. The number of hydrogen-bond acceptors (Lipinski definition) is 6. The largest absolute Gasteiger partial charge is 0.355 e. The molecule has 0 unspecified atom stereocenters. The lowest BCUT2D eigenvalue weighted by Gasteiger charge is -2.06. The van der Waals surface area contributed by atoms with E-state index < -0.39 is 10.0 Å². The summed E-state index contributed by atoms with van der Waals surface area (Å²) in [5.41, 5.74) is 0.971. The number of nitrogens with one attached hydrogen (secondary N) is 2. The van der Waals surface area contributed by atoms with Crippen LogP contribution in [0.2, 0.25) is 0 Å². The lowest BCUT2D eigenvalue weighted by molar-refractivity contribution is 0.580. The third kappa shape index (κ3) is 4.23. The zero-order valence-electron chi connectivity index (χ0n) is 11.9. The van der Waals surface area contributed by atoms with E-state index in [2.05, 4.69) is 25.1 Å². The van der Waals surface area contributed by atoms with E-state index in [1.165, 1.54) is 12.4 Å². The maximum absolute atomic E-state index is 12.1. The Labute approximate surface area is 123 Å². The van der Waals surface area contributed by atoms with Gasteiger partial charge in [0.1, 0.15) is 4.90 Å². The summed E-state index contributed by atoms with van der Waals surface area (Å²) in [6, 6.07) is 0. The van der Waals surface area contributed by atoms with Crippen molar-refractivity contribution in [2.75, 3.05) is 18.4 Å². The molecule has 8 nitrogen and oxygen atoms in total. The van der Waals surface area contributed by atoms with Gasteiger partial charge in [0.05, 0.1) is 18.6 Å². The van der Waals surface area contributed by atoms with E-state index in [9.17, 15) is 8.42 Å². The van der Waals surface area contributed by atoms with E-state index >= 15 is 0 Å². The van der Waals surface area contributed by atoms with Gasteiger partial charge >= 0.3 is 0 Å². The normalized spacial score (nSPS) is 11.5. The molecular formula is C12H18N6O2S. The summed E-state index contributed by atoms with van der Waals surface area (Å²) < 4.78 is 28.3. The number of anilines is 1. The highest BCUT2D eigenvalue weighted by molar-refractivity contribution is 7.89. The highest BCUT2D eigenvalue weighted by Gasteiger charge is 2.14. The topological polar surface area (TPSA) is 102 Å². The molecule has 0 amide bonds. The minimum absolute atomic E-state index is 0.0512. The van der Waals surface area contributed by atoms with Crippen molar-refractivity contribution in [1.82, 2.24) is 24.5 Å². The van der Waals surface area contributed by atoms with Crippen LogP contribution in [0.25, 0.3) is 0 Å². The highest BCUT2D eigenvalue weighted by atomic mass is 32.2. The maximum atomic E-state index is 12.1. The van der Waals surface area contributed by atoms with Crippen molar-refractivity contribution < 1.29 is 8.42 Å². The molecule has 2 aromatic rings. The monoisotopic (exact) mass is 310 g/mol. The molecule has 0 fully saturated rings. The molecule has 0 radical (unpaired) electrons. The molecule has 0 aliphatic carbocycles. The van der Waals surface area contributed by atoms with Crippen LogP contribution in [0, 0.1) is 0 Å². The number of aromatic nitrogens is 4. The molecule has 0 aliphatic heterocycles. The molecule has 0 atom stereocenters. The Balaban J connectivity index is 1.94. The van der Waals surface area contributed by atoms with Gasteiger partial charge in [0, 0.05) is 26.3 Å². The van der Waals surface area contributed by atoms with Gasteiger partial charge in [-0.2, -0.15) is 5.10 Å². The SMILES string of the molecule is CCNc1ncc(S(=O)(=O)NCCc2cnn(C)c2)cn1. The fourth-order valence-electron chi connectivity index (χ4n) is 1.72. The second-order valence-electron chi connectivity index (χ2n) is 4.44. The van der Waals surface area contributed by atoms with Gasteiger partial charge in [0.15, 0.2) is 0 Å². The maximum Gasteiger partial charge on any atom is 0.243 e. The van der Waals surface area contributed by atoms with Crippen LogP contribution in [0.1, 0.15) is 12.5 Å². The summed E-state index contributed by atoms with van der Waals surface area (Å²) in [6.45, 7) is 2.88. The fraction of sp³-hybridized carbons (Fsp3) is 0.417. The van der Waals surface area contributed by atoms with Crippen molar-refractivity contribution in [1.29, 1.82) is 0 Å². The Hall–Kier alpha value is -2.00. The van der Waals surface area contributed by atoms with Gasteiger partial charge in [-0.1, -0.05) is 0 Å². The van der Waals surface area contributed by atoms with Gasteiger partial charge in [-0.15, -0.1) is 0 Å². The zero-order valence-corrected chi connectivity index (χ0v) is 12.8. The van der Waals surface area contributed by atoms with E-state index in [1.54, 1.807) is 10.9 Å². The van der Waals surface area contributed by atoms with Gasteiger partial charge in [-0.3, -0.25) is 4.68 Å². The quantitative estimate of drug-likeness (QED) is 0.755. The average molecular weight is 310 g/mol. The summed E-state index contributed by atoms with van der Waals surface area (Å²) in [4.78, 5) is 7.95. The third-order valence-corrected chi connectivity index (χ3v) is 4.15. The number of aryl methyl sites for hydroxylation is 1. The fourth-order valence-corrected chi connectivity index (χ4v) is 2.64. The number of nitrogens with zero attached hydrogens (tertiary/aromatic N) is 4. The summed E-state index contributed by atoms with van der Waals surface area (Å²) in [6.07, 6.45) is 6.71. The van der Waals surface area contributed by atoms with Crippen LogP contribution in [-0.2, 0) is 23.5 Å². The van der Waals surface area contributed by atoms with Crippen LogP contribution in [0.4, 0.5) is 5.95 Å². The lowest BCUT2D eigenvalue weighted by atomic mass is 10.3. The first-order chi connectivity index (χ1) is 10.0. The molecule has 2 rings (SSSR count). The van der Waals surface area contributed by atoms with E-state index in [4.69, 9.17) is 0 Å². The van der Waals surface area contributed by atoms with Crippen LogP contribution < -0.4 is 10.0 Å². The summed E-state index contributed by atoms with van der Waals surface area (Å²) in [7, 11) is -1.77. The van der Waals surface area contributed by atoms with Crippen LogP contribution in [0.5, 0.6) is 0 Å². The summed E-state index contributed by atoms with van der Waals surface area (Å²) in [5, 5.41) is 6.94. The average Bonchev–Trinajstić information content (AvgIpc) is 2.85. The highest BCUT2D eigenvalue weighted by Crippen LogP contribution is 2.07. The molecule has 9 heteroatoms. The lowest BCUT2D eigenvalue weighted by Crippen LogP contribution is -2.26. The number of hydrogen-bond donors (Lipinski definition) is 2. The van der Waals surface area contributed by atoms with Gasteiger partial charge in [-0.25, -0.2) is 23.1 Å². The van der Waals surface area contributed by atoms with Crippen molar-refractivity contribution in [2.45, 2.75) is 18.2 Å². The second kappa shape index (κ2) is 6.64. The second-order valence-corrected chi connectivity index (χ2v) is 6.21. The van der Waals surface area contributed by atoms with Crippen LogP contribution >= 0.6 is 0 Å². The molecule has 21 heavy (non-hydrogen) atoms. The molecule has 0 saturated carbocycles. The van der Waals surface area contributed by atoms with E-state index in [0.29, 0.717) is 25.5 Å². The first kappa shape index (κ1) is 15.4. The molecular weight excluding hydrogens is 292 g/mol. The summed E-state index contributed by atoms with van der Waals surface area (Å²) >= 11 is 0. The zero-order chi connectivity index (χ0) is 15.3. The first-order valence-corrected chi connectivity index (χ1v) is 8.02. The van der Waals surface area contributed by atoms with Crippen molar-refractivity contribution in [2.24, 2.45) is 7.05 Å². The molecule has 2 aromatic heterocycles. The predicted molar refractivity (Wildman–Crippen MR) is 78.3 cm³/mol. The molecule has 0 saturated heterocycles. The Bertz CT molecular complexity index is 680. The van der Waals surface area contributed by atoms with E-state index in [1.807, 2.05) is 20.2 Å². The van der Waals surface area contributed by atoms with Crippen molar-refractivity contribution in [3.05, 3.63) is 30.4 Å². The van der Waals surface area contributed by atoms with Crippen LogP contribution in [-0.4, -0.2) is 41.3 Å². The molecule has 114 valence electrons. The predicted octanol–water partition coefficient (Wildman–Crippen LogP) is 0.163. The molecule has 0 aromatic carbocycles. The standard InChI is InChI=1S/C12H18N6O2S/c1-3-13-12-14-7-11(8-15-12)21(19,20)17-5-4-10-6-16-18(2)9-10/h6-9,17H,3-5H2,1-2H3,(H,13,14,15).